The van der Waals surface area contributed by atoms with Crippen LogP contribution in [0.15, 0.2) is 23.1 Å². The second-order valence-corrected chi connectivity index (χ2v) is 8.63. The summed E-state index contributed by atoms with van der Waals surface area (Å²) < 4.78 is 27.9. The number of hydrogen-bond donors (Lipinski definition) is 1. The maximum Gasteiger partial charge on any atom is 0.240 e. The molecule has 0 unspecified atom stereocenters. The van der Waals surface area contributed by atoms with E-state index in [0.717, 1.165) is 43.4 Å². The van der Waals surface area contributed by atoms with Crippen molar-refractivity contribution in [2.45, 2.75) is 64.2 Å². The van der Waals surface area contributed by atoms with Gasteiger partial charge in [-0.1, -0.05) is 33.1 Å². The van der Waals surface area contributed by atoms with Crippen LogP contribution in [0, 0.1) is 12.8 Å². The van der Waals surface area contributed by atoms with Crippen LogP contribution in [0.4, 0.5) is 5.69 Å². The van der Waals surface area contributed by atoms with E-state index in [1.807, 2.05) is 6.92 Å². The predicted octanol–water partition coefficient (Wildman–Crippen LogP) is 3.62. The summed E-state index contributed by atoms with van der Waals surface area (Å²) in [6, 6.07) is 5.01. The molecule has 1 saturated heterocycles. The van der Waals surface area contributed by atoms with E-state index in [4.69, 9.17) is 0 Å². The van der Waals surface area contributed by atoms with Gasteiger partial charge < -0.3 is 4.90 Å². The second-order valence-electron chi connectivity index (χ2n) is 6.87. The molecule has 1 atom stereocenters. The molecule has 140 valence electrons. The van der Waals surface area contributed by atoms with Gasteiger partial charge in [-0.2, -0.15) is 0 Å². The Morgan fingerprint density at radius 3 is 2.60 bits per heavy atom. The van der Waals surface area contributed by atoms with Crippen molar-refractivity contribution >= 4 is 21.6 Å². The molecule has 1 amide bonds. The van der Waals surface area contributed by atoms with Gasteiger partial charge in [-0.05, 0) is 49.4 Å². The van der Waals surface area contributed by atoms with E-state index in [1.165, 1.54) is 0 Å². The maximum absolute atomic E-state index is 12.6. The lowest BCUT2D eigenvalue weighted by Crippen LogP contribution is -2.29. The zero-order valence-electron chi connectivity index (χ0n) is 15.5. The van der Waals surface area contributed by atoms with E-state index < -0.39 is 10.0 Å². The number of benzene rings is 1. The topological polar surface area (TPSA) is 66.5 Å². The molecular formula is C19H30N2O3S. The van der Waals surface area contributed by atoms with E-state index in [1.54, 1.807) is 23.1 Å². The number of hydrogen-bond acceptors (Lipinski definition) is 3. The number of sulfonamides is 1. The molecule has 0 bridgehead atoms. The quantitative estimate of drug-likeness (QED) is 0.726. The Hall–Kier alpha value is -1.40. The Morgan fingerprint density at radius 2 is 2.04 bits per heavy atom. The van der Waals surface area contributed by atoms with Gasteiger partial charge in [0.2, 0.25) is 15.9 Å². The van der Waals surface area contributed by atoms with Gasteiger partial charge in [-0.25, -0.2) is 13.1 Å². The Kier molecular flexibility index (Phi) is 7.02. The summed E-state index contributed by atoms with van der Waals surface area (Å²) in [6.45, 7) is 7.28. The van der Waals surface area contributed by atoms with Crippen LogP contribution in [0.2, 0.25) is 0 Å². The number of amides is 1. The third-order valence-electron chi connectivity index (χ3n) is 4.95. The van der Waals surface area contributed by atoms with Crippen molar-refractivity contribution in [1.82, 2.24) is 4.72 Å². The largest absolute Gasteiger partial charge is 0.312 e. The smallest absolute Gasteiger partial charge is 0.240 e. The van der Waals surface area contributed by atoms with Crippen LogP contribution < -0.4 is 9.62 Å². The number of carbonyl (C=O) groups is 1. The SMILES string of the molecule is CCCC[C@H](CC)CNS(=O)(=O)c1ccc(N2CCCC2=O)c(C)c1. The van der Waals surface area contributed by atoms with Gasteiger partial charge in [0.25, 0.3) is 0 Å². The standard InChI is InChI=1S/C19H30N2O3S/c1-4-6-8-16(5-2)14-20-25(23,24)17-10-11-18(15(3)13-17)21-12-7-9-19(21)22/h10-11,13,16,20H,4-9,12,14H2,1-3H3/t16-/m0/s1. The Labute approximate surface area is 151 Å². The van der Waals surface area contributed by atoms with E-state index in [9.17, 15) is 13.2 Å². The lowest BCUT2D eigenvalue weighted by molar-refractivity contribution is -0.117. The molecule has 1 aromatic carbocycles. The molecular weight excluding hydrogens is 336 g/mol. The Bertz CT molecular complexity index is 701. The molecule has 6 heteroatoms. The summed E-state index contributed by atoms with van der Waals surface area (Å²) in [5.41, 5.74) is 1.63. The van der Waals surface area contributed by atoms with Crippen LogP contribution in [0.25, 0.3) is 0 Å². The molecule has 1 aromatic rings. The average molecular weight is 367 g/mol. The molecule has 1 heterocycles. The van der Waals surface area contributed by atoms with Gasteiger partial charge in [0, 0.05) is 25.2 Å². The number of aryl methyl sites for hydroxylation is 1. The van der Waals surface area contributed by atoms with Gasteiger partial charge in [-0.3, -0.25) is 4.79 Å². The van der Waals surface area contributed by atoms with Gasteiger partial charge in [0.1, 0.15) is 0 Å². The zero-order chi connectivity index (χ0) is 18.4. The molecule has 1 fully saturated rings. The number of carbonyl (C=O) groups excluding carboxylic acids is 1. The summed E-state index contributed by atoms with van der Waals surface area (Å²) in [6.07, 6.45) is 5.69. The Morgan fingerprint density at radius 1 is 1.28 bits per heavy atom. The van der Waals surface area contributed by atoms with Gasteiger partial charge in [0.05, 0.1) is 4.90 Å². The summed E-state index contributed by atoms with van der Waals surface area (Å²) in [5, 5.41) is 0. The highest BCUT2D eigenvalue weighted by molar-refractivity contribution is 7.89. The number of rotatable bonds is 9. The maximum atomic E-state index is 12.6. The van der Waals surface area contributed by atoms with Crippen molar-refractivity contribution in [3.63, 3.8) is 0 Å². The van der Waals surface area contributed by atoms with Gasteiger partial charge in [0.15, 0.2) is 0 Å². The molecule has 1 N–H and O–H groups in total. The van der Waals surface area contributed by atoms with Crippen molar-refractivity contribution in [2.24, 2.45) is 5.92 Å². The number of nitrogens with zero attached hydrogens (tertiary/aromatic N) is 1. The molecule has 25 heavy (non-hydrogen) atoms. The lowest BCUT2D eigenvalue weighted by Gasteiger charge is -2.19. The molecule has 5 nitrogen and oxygen atoms in total. The molecule has 0 aliphatic carbocycles. The molecule has 1 aliphatic heterocycles. The normalized spacial score (nSPS) is 16.4. The average Bonchev–Trinajstić information content (AvgIpc) is 3.00. The van der Waals surface area contributed by atoms with E-state index in [0.29, 0.717) is 25.4 Å². The minimum atomic E-state index is -3.52. The highest BCUT2D eigenvalue weighted by Gasteiger charge is 2.24. The molecule has 0 saturated carbocycles. The van der Waals surface area contributed by atoms with Crippen molar-refractivity contribution in [3.05, 3.63) is 23.8 Å². The van der Waals surface area contributed by atoms with Crippen LogP contribution >= 0.6 is 0 Å². The first-order valence-electron chi connectivity index (χ1n) is 9.29. The minimum absolute atomic E-state index is 0.110. The molecule has 0 radical (unpaired) electrons. The van der Waals surface area contributed by atoms with Crippen LogP contribution in [0.5, 0.6) is 0 Å². The van der Waals surface area contributed by atoms with E-state index in [2.05, 4.69) is 18.6 Å². The summed E-state index contributed by atoms with van der Waals surface area (Å²) in [7, 11) is -3.52. The van der Waals surface area contributed by atoms with Crippen molar-refractivity contribution < 1.29 is 13.2 Å². The highest BCUT2D eigenvalue weighted by atomic mass is 32.2. The van der Waals surface area contributed by atoms with E-state index in [-0.39, 0.29) is 10.8 Å². The van der Waals surface area contributed by atoms with Crippen LogP contribution in [0.3, 0.4) is 0 Å². The third kappa shape index (κ3) is 5.05. The predicted molar refractivity (Wildman–Crippen MR) is 101 cm³/mol. The summed E-state index contributed by atoms with van der Waals surface area (Å²) in [5.74, 6) is 0.482. The monoisotopic (exact) mass is 366 g/mol. The lowest BCUT2D eigenvalue weighted by atomic mass is 10.00. The first kappa shape index (κ1) is 19.9. The van der Waals surface area contributed by atoms with Crippen LogP contribution in [0.1, 0.15) is 57.9 Å². The summed E-state index contributed by atoms with van der Waals surface area (Å²) >= 11 is 0. The second kappa shape index (κ2) is 8.81. The van der Waals surface area contributed by atoms with Gasteiger partial charge in [-0.15, -0.1) is 0 Å². The Balaban J connectivity index is 2.09. The van der Waals surface area contributed by atoms with Crippen molar-refractivity contribution in [3.8, 4) is 0 Å². The fourth-order valence-electron chi connectivity index (χ4n) is 3.26. The number of nitrogens with one attached hydrogen (secondary N) is 1. The first-order chi connectivity index (χ1) is 11.9. The number of anilines is 1. The fourth-order valence-corrected chi connectivity index (χ4v) is 4.46. The van der Waals surface area contributed by atoms with Crippen molar-refractivity contribution in [2.75, 3.05) is 18.0 Å². The fraction of sp³-hybridized carbons (Fsp3) is 0.632. The van der Waals surface area contributed by atoms with Crippen molar-refractivity contribution in [1.29, 1.82) is 0 Å². The zero-order valence-corrected chi connectivity index (χ0v) is 16.4. The third-order valence-corrected chi connectivity index (χ3v) is 6.37. The molecule has 0 spiro atoms. The molecule has 0 aromatic heterocycles. The summed E-state index contributed by atoms with van der Waals surface area (Å²) in [4.78, 5) is 13.9. The van der Waals surface area contributed by atoms with Crippen LogP contribution in [-0.2, 0) is 14.8 Å². The van der Waals surface area contributed by atoms with Crippen LogP contribution in [-0.4, -0.2) is 27.4 Å². The molecule has 1 aliphatic rings. The molecule has 2 rings (SSSR count). The first-order valence-corrected chi connectivity index (χ1v) is 10.8. The highest BCUT2D eigenvalue weighted by Crippen LogP contribution is 2.27. The number of unbranched alkanes of at least 4 members (excludes halogenated alkanes) is 1. The van der Waals surface area contributed by atoms with E-state index >= 15 is 0 Å². The minimum Gasteiger partial charge on any atom is -0.312 e. The van der Waals surface area contributed by atoms with Gasteiger partial charge >= 0.3 is 0 Å².